The minimum Gasteiger partial charge on any atom is -0.377 e. The Labute approximate surface area is 193 Å². The molecular formula is C24H31N5O2S. The van der Waals surface area contributed by atoms with E-state index in [0.29, 0.717) is 11.5 Å². The van der Waals surface area contributed by atoms with Crippen molar-refractivity contribution in [3.63, 3.8) is 0 Å². The molecule has 0 bridgehead atoms. The van der Waals surface area contributed by atoms with Crippen molar-refractivity contribution < 1.29 is 9.90 Å². The van der Waals surface area contributed by atoms with E-state index in [0.717, 1.165) is 60.5 Å². The Kier molecular flexibility index (Phi) is 8.58. The number of anilines is 3. The number of thiophene rings is 1. The molecule has 0 atom stereocenters. The second kappa shape index (κ2) is 11.6. The number of rotatable bonds is 11. The maximum Gasteiger partial charge on any atom is 0.253 e. The van der Waals surface area contributed by atoms with Gasteiger partial charge in [-0.15, -0.1) is 11.3 Å². The lowest BCUT2D eigenvalue weighted by Crippen LogP contribution is -2.32. The Bertz CT molecular complexity index is 1010. The van der Waals surface area contributed by atoms with Crippen molar-refractivity contribution in [1.82, 2.24) is 14.9 Å². The van der Waals surface area contributed by atoms with Crippen molar-refractivity contribution in [3.05, 3.63) is 52.3 Å². The van der Waals surface area contributed by atoms with Crippen LogP contribution in [0.4, 0.5) is 17.3 Å². The van der Waals surface area contributed by atoms with Gasteiger partial charge in [-0.05, 0) is 49.1 Å². The van der Waals surface area contributed by atoms with Gasteiger partial charge in [0.15, 0.2) is 0 Å². The number of carbonyl (C=O) groups is 1. The summed E-state index contributed by atoms with van der Waals surface area (Å²) >= 11 is 1.55. The molecule has 0 aliphatic heterocycles. The van der Waals surface area contributed by atoms with E-state index in [1.54, 1.807) is 11.3 Å². The molecule has 0 radical (unpaired) electrons. The van der Waals surface area contributed by atoms with Crippen LogP contribution in [0.2, 0.25) is 0 Å². The normalized spacial score (nSPS) is 10.8. The van der Waals surface area contributed by atoms with E-state index in [1.165, 1.54) is 0 Å². The summed E-state index contributed by atoms with van der Waals surface area (Å²) in [5.41, 5.74) is 5.15. The highest BCUT2D eigenvalue weighted by atomic mass is 32.1. The zero-order valence-electron chi connectivity index (χ0n) is 18.9. The molecule has 3 aromatic rings. The Morgan fingerprint density at radius 3 is 2.44 bits per heavy atom. The molecule has 3 N–H and O–H groups in total. The van der Waals surface area contributed by atoms with Gasteiger partial charge in [-0.2, -0.15) is 0 Å². The molecule has 0 fully saturated rings. The highest BCUT2D eigenvalue weighted by Crippen LogP contribution is 2.33. The van der Waals surface area contributed by atoms with Crippen LogP contribution < -0.4 is 10.6 Å². The maximum absolute atomic E-state index is 12.8. The number of amides is 1. The molecule has 2 aromatic heterocycles. The van der Waals surface area contributed by atoms with Crippen LogP contribution in [0, 0.1) is 0 Å². The molecule has 0 aliphatic carbocycles. The first-order chi connectivity index (χ1) is 15.6. The molecule has 0 saturated carbocycles. The van der Waals surface area contributed by atoms with Gasteiger partial charge >= 0.3 is 0 Å². The summed E-state index contributed by atoms with van der Waals surface area (Å²) in [6.45, 7) is 7.63. The van der Waals surface area contributed by atoms with Crippen molar-refractivity contribution >= 4 is 34.6 Å². The molecular weight excluding hydrogens is 422 g/mol. The molecule has 7 nitrogen and oxygen atoms in total. The van der Waals surface area contributed by atoms with E-state index >= 15 is 0 Å². The summed E-state index contributed by atoms with van der Waals surface area (Å²) in [6.07, 6.45) is 4.51. The van der Waals surface area contributed by atoms with Gasteiger partial charge in [-0.1, -0.05) is 20.8 Å². The lowest BCUT2D eigenvalue weighted by molar-refractivity contribution is 0.0755. The van der Waals surface area contributed by atoms with Crippen LogP contribution in [-0.4, -0.2) is 45.7 Å². The van der Waals surface area contributed by atoms with Crippen molar-refractivity contribution in [2.24, 2.45) is 0 Å². The average molecular weight is 454 g/mol. The highest BCUT2D eigenvalue weighted by Gasteiger charge is 2.15. The largest absolute Gasteiger partial charge is 0.377 e. The first-order valence-corrected chi connectivity index (χ1v) is 12.0. The van der Waals surface area contributed by atoms with Crippen LogP contribution in [0.3, 0.4) is 0 Å². The van der Waals surface area contributed by atoms with Crippen LogP contribution in [0.15, 0.2) is 41.2 Å². The second-order valence-corrected chi connectivity index (χ2v) is 8.19. The molecule has 0 aliphatic rings. The number of carbonyl (C=O) groups excluding carboxylic acids is 1. The molecule has 0 saturated heterocycles. The van der Waals surface area contributed by atoms with E-state index in [2.05, 4.69) is 36.4 Å². The third-order valence-corrected chi connectivity index (χ3v) is 5.84. The Morgan fingerprint density at radius 1 is 1.09 bits per heavy atom. The molecule has 1 amide bonds. The number of aromatic nitrogens is 2. The summed E-state index contributed by atoms with van der Waals surface area (Å²) in [7, 11) is 0. The SMILES string of the molecule is CCCN(CCC)C(=O)c1ccc(Nc2ncc(CC)c(-c3cscc3NCO)n2)cc1. The minimum absolute atomic E-state index is 0.0625. The number of nitrogens with zero attached hydrogens (tertiary/aromatic N) is 3. The second-order valence-electron chi connectivity index (χ2n) is 7.45. The average Bonchev–Trinajstić information content (AvgIpc) is 3.27. The number of aryl methyl sites for hydroxylation is 1. The maximum atomic E-state index is 12.8. The van der Waals surface area contributed by atoms with Gasteiger partial charge in [0.1, 0.15) is 6.73 Å². The van der Waals surface area contributed by atoms with Crippen LogP contribution in [-0.2, 0) is 6.42 Å². The van der Waals surface area contributed by atoms with Crippen LogP contribution in [0.1, 0.15) is 49.5 Å². The summed E-state index contributed by atoms with van der Waals surface area (Å²) < 4.78 is 0. The Hall–Kier alpha value is -2.97. The Morgan fingerprint density at radius 2 is 1.81 bits per heavy atom. The third-order valence-electron chi connectivity index (χ3n) is 5.09. The van der Waals surface area contributed by atoms with Gasteiger partial charge in [0.05, 0.1) is 11.4 Å². The quantitative estimate of drug-likeness (QED) is 0.349. The van der Waals surface area contributed by atoms with Crippen molar-refractivity contribution in [2.45, 2.75) is 40.0 Å². The summed E-state index contributed by atoms with van der Waals surface area (Å²) in [5.74, 6) is 0.545. The van der Waals surface area contributed by atoms with Crippen molar-refractivity contribution in [1.29, 1.82) is 0 Å². The predicted octanol–water partition coefficient (Wildman–Crippen LogP) is 5.14. The van der Waals surface area contributed by atoms with E-state index in [1.807, 2.05) is 46.1 Å². The molecule has 3 rings (SSSR count). The van der Waals surface area contributed by atoms with E-state index < -0.39 is 0 Å². The lowest BCUT2D eigenvalue weighted by Gasteiger charge is -2.21. The number of hydrogen-bond acceptors (Lipinski definition) is 7. The first-order valence-electron chi connectivity index (χ1n) is 11.0. The number of hydrogen-bond donors (Lipinski definition) is 3. The third kappa shape index (κ3) is 5.63. The van der Waals surface area contributed by atoms with Gasteiger partial charge in [-0.3, -0.25) is 4.79 Å². The number of aliphatic hydroxyl groups is 1. The van der Waals surface area contributed by atoms with Crippen molar-refractivity contribution in [3.8, 4) is 11.3 Å². The molecule has 0 spiro atoms. The number of benzene rings is 1. The minimum atomic E-state index is -0.139. The molecule has 8 heteroatoms. The van der Waals surface area contributed by atoms with Crippen LogP contribution in [0.5, 0.6) is 0 Å². The topological polar surface area (TPSA) is 90.4 Å². The standard InChI is InChI=1S/C24H31N5O2S/c1-4-11-29(12-5-2)23(31)18-7-9-19(10-8-18)27-24-25-13-17(6-3)22(28-24)20-14-32-15-21(20)26-16-30/h7-10,13-15,26,30H,4-6,11-12,16H2,1-3H3,(H,25,27,28). The predicted molar refractivity (Wildman–Crippen MR) is 132 cm³/mol. The molecule has 32 heavy (non-hydrogen) atoms. The fraction of sp³-hybridized carbons (Fsp3) is 0.375. The Balaban J connectivity index is 1.80. The molecule has 170 valence electrons. The zero-order valence-corrected chi connectivity index (χ0v) is 19.7. The lowest BCUT2D eigenvalue weighted by atomic mass is 10.1. The van der Waals surface area contributed by atoms with Gasteiger partial charge in [0, 0.05) is 46.9 Å². The van der Waals surface area contributed by atoms with E-state index in [4.69, 9.17) is 4.98 Å². The van der Waals surface area contributed by atoms with Gasteiger partial charge < -0.3 is 20.6 Å². The molecule has 1 aromatic carbocycles. The van der Waals surface area contributed by atoms with Crippen LogP contribution >= 0.6 is 11.3 Å². The monoisotopic (exact) mass is 453 g/mol. The fourth-order valence-corrected chi connectivity index (χ4v) is 4.31. The summed E-state index contributed by atoms with van der Waals surface area (Å²) in [4.78, 5) is 23.9. The highest BCUT2D eigenvalue weighted by molar-refractivity contribution is 7.08. The van der Waals surface area contributed by atoms with Crippen LogP contribution in [0.25, 0.3) is 11.3 Å². The summed E-state index contributed by atoms with van der Waals surface area (Å²) in [5, 5.41) is 19.4. The van der Waals surface area contributed by atoms with Gasteiger partial charge in [0.2, 0.25) is 5.95 Å². The summed E-state index contributed by atoms with van der Waals surface area (Å²) in [6, 6.07) is 7.44. The van der Waals surface area contributed by atoms with E-state index in [9.17, 15) is 9.90 Å². The first kappa shape index (κ1) is 23.7. The molecule has 2 heterocycles. The fourth-order valence-electron chi connectivity index (χ4n) is 3.52. The number of nitrogens with one attached hydrogen (secondary N) is 2. The smallest absolute Gasteiger partial charge is 0.253 e. The van der Waals surface area contributed by atoms with Crippen molar-refractivity contribution in [2.75, 3.05) is 30.5 Å². The molecule has 0 unspecified atom stereocenters. The van der Waals surface area contributed by atoms with Gasteiger partial charge in [-0.25, -0.2) is 9.97 Å². The number of aliphatic hydroxyl groups excluding tert-OH is 1. The van der Waals surface area contributed by atoms with Gasteiger partial charge in [0.25, 0.3) is 5.91 Å². The zero-order chi connectivity index (χ0) is 22.9. The van der Waals surface area contributed by atoms with E-state index in [-0.39, 0.29) is 12.6 Å².